The van der Waals surface area contributed by atoms with E-state index in [2.05, 4.69) is 31.1 Å². The summed E-state index contributed by atoms with van der Waals surface area (Å²) in [7, 11) is 0. The van der Waals surface area contributed by atoms with Gasteiger partial charge in [0.15, 0.2) is 5.82 Å². The maximum absolute atomic E-state index is 12.1. The van der Waals surface area contributed by atoms with E-state index in [0.717, 1.165) is 25.6 Å². The van der Waals surface area contributed by atoms with E-state index in [1.54, 1.807) is 4.57 Å². The number of nitrogens with one attached hydrogen (secondary N) is 1. The number of hydrogen-bond donors (Lipinski definition) is 1. The summed E-state index contributed by atoms with van der Waals surface area (Å²) in [5.74, 6) is 0.586. The van der Waals surface area contributed by atoms with Gasteiger partial charge in [-0.1, -0.05) is 29.8 Å². The predicted molar refractivity (Wildman–Crippen MR) is 90.6 cm³/mol. The highest BCUT2D eigenvalue weighted by molar-refractivity contribution is 9.11. The summed E-state index contributed by atoms with van der Waals surface area (Å²) in [4.78, 5) is 16.7. The first-order valence-corrected chi connectivity index (χ1v) is 8.39. The summed E-state index contributed by atoms with van der Waals surface area (Å²) >= 11 is 11.3. The standard InChI is InChI=1S/C14H8BrClN4OS/c15-10-5-8-12(7-3-1-2-4-9(7)16)17-6-11-18-19-14(21)20(11)13(8)22-10/h1-5H,6H2,(H,19,21). The molecule has 3 aromatic rings. The van der Waals surface area contributed by atoms with E-state index in [9.17, 15) is 4.79 Å². The normalized spacial score (nSPS) is 13.3. The molecule has 1 aliphatic heterocycles. The van der Waals surface area contributed by atoms with Gasteiger partial charge in [-0.25, -0.2) is 14.5 Å². The van der Waals surface area contributed by atoms with E-state index in [0.29, 0.717) is 17.4 Å². The molecule has 1 N–H and O–H groups in total. The zero-order chi connectivity index (χ0) is 15.3. The van der Waals surface area contributed by atoms with Crippen molar-refractivity contribution < 1.29 is 0 Å². The van der Waals surface area contributed by atoms with E-state index < -0.39 is 0 Å². The van der Waals surface area contributed by atoms with E-state index >= 15 is 0 Å². The summed E-state index contributed by atoms with van der Waals surface area (Å²) in [6.07, 6.45) is 0. The van der Waals surface area contributed by atoms with Gasteiger partial charge in [0, 0.05) is 16.1 Å². The van der Waals surface area contributed by atoms with Crippen LogP contribution in [0.25, 0.3) is 5.00 Å². The number of halogens is 2. The molecule has 1 aromatic carbocycles. The van der Waals surface area contributed by atoms with Crippen molar-refractivity contribution in [2.24, 2.45) is 4.99 Å². The number of nitrogens with zero attached hydrogens (tertiary/aromatic N) is 3. The van der Waals surface area contributed by atoms with Crippen molar-refractivity contribution in [3.8, 4) is 5.00 Å². The largest absolute Gasteiger partial charge is 0.348 e. The van der Waals surface area contributed by atoms with Crippen LogP contribution in [0.15, 0.2) is 43.9 Å². The molecule has 0 spiro atoms. The van der Waals surface area contributed by atoms with E-state index in [4.69, 9.17) is 11.6 Å². The lowest BCUT2D eigenvalue weighted by atomic mass is 10.0. The van der Waals surface area contributed by atoms with Crippen molar-refractivity contribution in [1.82, 2.24) is 14.8 Å². The molecular weight excluding hydrogens is 388 g/mol. The Kier molecular flexibility index (Phi) is 3.28. The van der Waals surface area contributed by atoms with Gasteiger partial charge in [0.2, 0.25) is 0 Å². The molecule has 110 valence electrons. The van der Waals surface area contributed by atoms with Gasteiger partial charge in [0.1, 0.15) is 11.5 Å². The van der Waals surface area contributed by atoms with Gasteiger partial charge in [-0.3, -0.25) is 4.99 Å². The number of hydrogen-bond acceptors (Lipinski definition) is 4. The smallest absolute Gasteiger partial charge is 0.276 e. The quantitative estimate of drug-likeness (QED) is 0.686. The predicted octanol–water partition coefficient (Wildman–Crippen LogP) is 3.39. The number of aliphatic imine (C=N–C) groups is 1. The Morgan fingerprint density at radius 3 is 2.95 bits per heavy atom. The zero-order valence-corrected chi connectivity index (χ0v) is 14.2. The van der Waals surface area contributed by atoms with Crippen LogP contribution < -0.4 is 5.69 Å². The van der Waals surface area contributed by atoms with Crippen LogP contribution in [0.5, 0.6) is 0 Å². The second-order valence-corrected chi connectivity index (χ2v) is 7.51. The molecule has 2 aromatic heterocycles. The highest BCUT2D eigenvalue weighted by Gasteiger charge is 2.24. The molecule has 4 rings (SSSR count). The van der Waals surface area contributed by atoms with Gasteiger partial charge in [-0.2, -0.15) is 5.10 Å². The molecular formula is C14H8BrClN4OS. The fraction of sp³-hybridized carbons (Fsp3) is 0.0714. The van der Waals surface area contributed by atoms with Crippen molar-refractivity contribution in [2.45, 2.75) is 6.54 Å². The second kappa shape index (κ2) is 5.19. The summed E-state index contributed by atoms with van der Waals surface area (Å²) < 4.78 is 2.48. The van der Waals surface area contributed by atoms with Crippen molar-refractivity contribution in [1.29, 1.82) is 0 Å². The Morgan fingerprint density at radius 1 is 1.32 bits per heavy atom. The Hall–Kier alpha value is -1.70. The first kappa shape index (κ1) is 13.9. The maximum atomic E-state index is 12.1. The zero-order valence-electron chi connectivity index (χ0n) is 11.0. The lowest BCUT2D eigenvalue weighted by molar-refractivity contribution is 0.870. The molecule has 0 radical (unpaired) electrons. The number of thiophene rings is 1. The highest BCUT2D eigenvalue weighted by Crippen LogP contribution is 2.35. The number of aromatic nitrogens is 3. The van der Waals surface area contributed by atoms with Crippen molar-refractivity contribution in [3.05, 3.63) is 66.6 Å². The number of H-pyrrole nitrogens is 1. The first-order chi connectivity index (χ1) is 10.6. The number of benzene rings is 1. The Bertz CT molecular complexity index is 971. The van der Waals surface area contributed by atoms with Crippen LogP contribution in [0.3, 0.4) is 0 Å². The fourth-order valence-electron chi connectivity index (χ4n) is 2.45. The van der Waals surface area contributed by atoms with Gasteiger partial charge in [0.05, 0.1) is 9.50 Å². The number of fused-ring (bicyclic) bond motifs is 3. The monoisotopic (exact) mass is 394 g/mol. The van der Waals surface area contributed by atoms with E-state index in [1.165, 1.54) is 11.3 Å². The molecule has 0 atom stereocenters. The van der Waals surface area contributed by atoms with Crippen LogP contribution in [0.1, 0.15) is 17.0 Å². The minimum atomic E-state index is -0.263. The molecule has 0 unspecified atom stereocenters. The Labute approximate surface area is 142 Å². The third-order valence-electron chi connectivity index (χ3n) is 3.39. The van der Waals surface area contributed by atoms with Crippen LogP contribution in [-0.2, 0) is 6.54 Å². The maximum Gasteiger partial charge on any atom is 0.348 e. The molecule has 0 saturated carbocycles. The van der Waals surface area contributed by atoms with Crippen LogP contribution in [-0.4, -0.2) is 20.5 Å². The molecule has 8 heteroatoms. The third-order valence-corrected chi connectivity index (χ3v) is 5.34. The third kappa shape index (κ3) is 2.08. The SMILES string of the molecule is O=c1[nH]nc2n1-c1sc(Br)cc1C(c1ccccc1Cl)=NC2. The summed E-state index contributed by atoms with van der Waals surface area (Å²) in [6, 6.07) is 9.51. The minimum Gasteiger partial charge on any atom is -0.276 e. The lowest BCUT2D eigenvalue weighted by Gasteiger charge is -2.07. The molecule has 3 heterocycles. The van der Waals surface area contributed by atoms with Gasteiger partial charge >= 0.3 is 5.69 Å². The van der Waals surface area contributed by atoms with Crippen molar-refractivity contribution >= 4 is 44.6 Å². The van der Waals surface area contributed by atoms with Crippen LogP contribution >= 0.6 is 38.9 Å². The fourth-order valence-corrected chi connectivity index (χ4v) is 4.27. The average molecular weight is 396 g/mol. The topological polar surface area (TPSA) is 63.0 Å². The number of aromatic amines is 1. The highest BCUT2D eigenvalue weighted by atomic mass is 79.9. The van der Waals surface area contributed by atoms with Gasteiger partial charge < -0.3 is 0 Å². The van der Waals surface area contributed by atoms with Gasteiger partial charge in [0.25, 0.3) is 0 Å². The molecule has 1 aliphatic rings. The van der Waals surface area contributed by atoms with Crippen LogP contribution in [0, 0.1) is 0 Å². The molecule has 0 aliphatic carbocycles. The van der Waals surface area contributed by atoms with E-state index in [1.807, 2.05) is 30.3 Å². The molecule has 0 saturated heterocycles. The molecule has 22 heavy (non-hydrogen) atoms. The van der Waals surface area contributed by atoms with Gasteiger partial charge in [-0.05, 0) is 28.1 Å². The molecule has 0 bridgehead atoms. The van der Waals surface area contributed by atoms with E-state index in [-0.39, 0.29) is 5.69 Å². The van der Waals surface area contributed by atoms with Crippen molar-refractivity contribution in [3.63, 3.8) is 0 Å². The van der Waals surface area contributed by atoms with Crippen LogP contribution in [0.2, 0.25) is 5.02 Å². The summed E-state index contributed by atoms with van der Waals surface area (Å²) in [6.45, 7) is 0.318. The van der Waals surface area contributed by atoms with Crippen LogP contribution in [0.4, 0.5) is 0 Å². The van der Waals surface area contributed by atoms with Gasteiger partial charge in [-0.15, -0.1) is 11.3 Å². The molecule has 5 nitrogen and oxygen atoms in total. The van der Waals surface area contributed by atoms with Crippen molar-refractivity contribution in [2.75, 3.05) is 0 Å². The lowest BCUT2D eigenvalue weighted by Crippen LogP contribution is -2.16. The molecule has 0 amide bonds. The summed E-state index contributed by atoms with van der Waals surface area (Å²) in [5, 5.41) is 7.94. The second-order valence-electron chi connectivity index (χ2n) is 4.69. The average Bonchev–Trinajstić information content (AvgIpc) is 3.00. The number of rotatable bonds is 1. The summed E-state index contributed by atoms with van der Waals surface area (Å²) in [5.41, 5.74) is 2.22. The Morgan fingerprint density at radius 2 is 2.14 bits per heavy atom. The Balaban J connectivity index is 2.02. The minimum absolute atomic E-state index is 0.263. The first-order valence-electron chi connectivity index (χ1n) is 6.41. The molecule has 0 fully saturated rings.